The summed E-state index contributed by atoms with van der Waals surface area (Å²) in [4.78, 5) is 11.0. The van der Waals surface area contributed by atoms with Gasteiger partial charge in [0.2, 0.25) is 5.91 Å². The summed E-state index contributed by atoms with van der Waals surface area (Å²) in [6.45, 7) is 1.68. The van der Waals surface area contributed by atoms with Gasteiger partial charge in [0, 0.05) is 28.9 Å². The zero-order chi connectivity index (χ0) is 14.9. The van der Waals surface area contributed by atoms with Gasteiger partial charge < -0.3 is 10.4 Å². The van der Waals surface area contributed by atoms with Gasteiger partial charge in [0.15, 0.2) is 0 Å². The summed E-state index contributed by atoms with van der Waals surface area (Å²) in [6.07, 6.45) is 0.264. The summed E-state index contributed by atoms with van der Waals surface area (Å²) < 4.78 is 31.4. The lowest BCUT2D eigenvalue weighted by Gasteiger charge is -2.10. The number of hydrogen-bond donors (Lipinski definition) is 3. The van der Waals surface area contributed by atoms with Crippen LogP contribution in [0.2, 0.25) is 0 Å². The van der Waals surface area contributed by atoms with E-state index in [9.17, 15) is 18.3 Å². The predicted molar refractivity (Wildman–Crippen MR) is 74.3 cm³/mol. The predicted octanol–water partition coefficient (Wildman–Crippen LogP) is 2.14. The van der Waals surface area contributed by atoms with E-state index in [0.717, 1.165) is 6.07 Å². The molecule has 106 valence electrons. The Morgan fingerprint density at radius 2 is 1.95 bits per heavy atom. The summed E-state index contributed by atoms with van der Waals surface area (Å²) in [5.74, 6) is -0.531. The van der Waals surface area contributed by atoms with Crippen LogP contribution in [0.25, 0.3) is 10.8 Å². The molecule has 2 aromatic rings. The molecule has 0 spiro atoms. The Kier molecular flexibility index (Phi) is 3.65. The Morgan fingerprint density at radius 1 is 1.25 bits per heavy atom. The fourth-order valence-corrected chi connectivity index (χ4v) is 2.36. The minimum atomic E-state index is -4.44. The highest BCUT2D eigenvalue weighted by molar-refractivity contribution is 7.85. The minimum Gasteiger partial charge on any atom is -0.507 e. The van der Waals surface area contributed by atoms with Crippen molar-refractivity contribution in [3.8, 4) is 5.75 Å². The van der Waals surface area contributed by atoms with Crippen molar-refractivity contribution >= 4 is 32.5 Å². The first-order chi connectivity index (χ1) is 9.32. The maximum Gasteiger partial charge on any atom is 0.294 e. The van der Waals surface area contributed by atoms with Crippen molar-refractivity contribution in [1.82, 2.24) is 0 Å². The molecule has 0 atom stereocenters. The zero-order valence-electron chi connectivity index (χ0n) is 10.6. The summed E-state index contributed by atoms with van der Waals surface area (Å²) in [6, 6.07) is 6.96. The molecule has 2 aromatic carbocycles. The van der Waals surface area contributed by atoms with Crippen molar-refractivity contribution < 1.29 is 22.9 Å². The summed E-state index contributed by atoms with van der Waals surface area (Å²) in [7, 11) is -4.44. The maximum atomic E-state index is 11.5. The highest BCUT2D eigenvalue weighted by Crippen LogP contribution is 2.33. The van der Waals surface area contributed by atoms with Gasteiger partial charge in [-0.15, -0.1) is 0 Å². The number of phenols is 1. The first-order valence-corrected chi connectivity index (χ1v) is 7.30. The van der Waals surface area contributed by atoms with E-state index in [1.165, 1.54) is 6.07 Å². The van der Waals surface area contributed by atoms with Crippen molar-refractivity contribution in [3.63, 3.8) is 0 Å². The Bertz CT molecular complexity index is 783. The molecule has 0 saturated carbocycles. The molecule has 2 rings (SSSR count). The monoisotopic (exact) mass is 295 g/mol. The SMILES string of the molecule is CCC(=O)Nc1cccc2c(O)cc(S(=O)(=O)O)cc12. The van der Waals surface area contributed by atoms with Crippen LogP contribution in [-0.4, -0.2) is 24.0 Å². The molecule has 0 unspecified atom stereocenters. The van der Waals surface area contributed by atoms with Gasteiger partial charge in [0.05, 0.1) is 4.90 Å². The average Bonchev–Trinajstić information content (AvgIpc) is 2.38. The molecule has 0 saturated heterocycles. The quantitative estimate of drug-likeness (QED) is 0.753. The van der Waals surface area contributed by atoms with Crippen LogP contribution in [0.3, 0.4) is 0 Å². The van der Waals surface area contributed by atoms with Gasteiger partial charge in [0.25, 0.3) is 10.1 Å². The van der Waals surface area contributed by atoms with Crippen LogP contribution in [0, 0.1) is 0 Å². The molecule has 20 heavy (non-hydrogen) atoms. The third-order valence-electron chi connectivity index (χ3n) is 2.84. The third-order valence-corrected chi connectivity index (χ3v) is 3.67. The standard InChI is InChI=1S/C13H13NO5S/c1-2-13(16)14-11-5-3-4-9-10(11)6-8(7-12(9)15)20(17,18)19/h3-7,15H,2H2,1H3,(H,14,16)(H,17,18,19). The molecule has 0 radical (unpaired) electrons. The van der Waals surface area contributed by atoms with Crippen molar-refractivity contribution in [1.29, 1.82) is 0 Å². The molecule has 7 heteroatoms. The summed E-state index contributed by atoms with van der Waals surface area (Å²) >= 11 is 0. The first kappa shape index (κ1) is 14.3. The number of carbonyl (C=O) groups excluding carboxylic acids is 1. The second-order valence-electron chi connectivity index (χ2n) is 4.22. The maximum absolute atomic E-state index is 11.5. The van der Waals surface area contributed by atoms with E-state index < -0.39 is 15.0 Å². The molecule has 6 nitrogen and oxygen atoms in total. The molecule has 1 amide bonds. The Morgan fingerprint density at radius 3 is 2.55 bits per heavy atom. The largest absolute Gasteiger partial charge is 0.507 e. The number of amides is 1. The van der Waals surface area contributed by atoms with E-state index in [2.05, 4.69) is 5.32 Å². The lowest BCUT2D eigenvalue weighted by molar-refractivity contribution is -0.115. The van der Waals surface area contributed by atoms with Crippen LogP contribution in [0.15, 0.2) is 35.2 Å². The fourth-order valence-electron chi connectivity index (χ4n) is 1.84. The topological polar surface area (TPSA) is 104 Å². The van der Waals surface area contributed by atoms with E-state index in [-0.39, 0.29) is 18.1 Å². The molecular formula is C13H13NO5S. The number of rotatable bonds is 3. The molecule has 0 aliphatic rings. The lowest BCUT2D eigenvalue weighted by atomic mass is 10.1. The van der Waals surface area contributed by atoms with Crippen molar-refractivity contribution in [3.05, 3.63) is 30.3 Å². The number of hydrogen-bond acceptors (Lipinski definition) is 4. The van der Waals surface area contributed by atoms with Gasteiger partial charge in [-0.1, -0.05) is 19.1 Å². The van der Waals surface area contributed by atoms with E-state index in [1.54, 1.807) is 25.1 Å². The second kappa shape index (κ2) is 5.10. The molecule has 0 fully saturated rings. The van der Waals surface area contributed by atoms with Gasteiger partial charge in [-0.3, -0.25) is 9.35 Å². The molecule has 0 heterocycles. The number of fused-ring (bicyclic) bond motifs is 1. The molecule has 3 N–H and O–H groups in total. The first-order valence-electron chi connectivity index (χ1n) is 5.86. The highest BCUT2D eigenvalue weighted by Gasteiger charge is 2.15. The summed E-state index contributed by atoms with van der Waals surface area (Å²) in [5, 5.41) is 13.2. The normalized spacial score (nSPS) is 11.5. The van der Waals surface area contributed by atoms with E-state index in [0.29, 0.717) is 16.5 Å². The van der Waals surface area contributed by atoms with Crippen molar-refractivity contribution in [2.45, 2.75) is 18.2 Å². The number of benzene rings is 2. The fraction of sp³-hybridized carbons (Fsp3) is 0.154. The Balaban J connectivity index is 2.72. The lowest BCUT2D eigenvalue weighted by Crippen LogP contribution is -2.09. The number of aromatic hydroxyl groups is 1. The van der Waals surface area contributed by atoms with Crippen LogP contribution in [-0.2, 0) is 14.9 Å². The Labute approximate surface area is 115 Å². The van der Waals surface area contributed by atoms with Gasteiger partial charge in [-0.2, -0.15) is 8.42 Å². The summed E-state index contributed by atoms with van der Waals surface area (Å²) in [5.41, 5.74) is 0.371. The van der Waals surface area contributed by atoms with Gasteiger partial charge >= 0.3 is 0 Å². The average molecular weight is 295 g/mol. The molecule has 0 aromatic heterocycles. The van der Waals surface area contributed by atoms with Gasteiger partial charge in [-0.05, 0) is 12.1 Å². The van der Waals surface area contributed by atoms with Crippen LogP contribution in [0.5, 0.6) is 5.75 Å². The van der Waals surface area contributed by atoms with E-state index >= 15 is 0 Å². The van der Waals surface area contributed by atoms with Crippen LogP contribution >= 0.6 is 0 Å². The van der Waals surface area contributed by atoms with Crippen LogP contribution < -0.4 is 5.32 Å². The second-order valence-corrected chi connectivity index (χ2v) is 5.64. The van der Waals surface area contributed by atoms with Gasteiger partial charge in [0.1, 0.15) is 5.75 Å². The number of carbonyl (C=O) groups is 1. The van der Waals surface area contributed by atoms with Crippen LogP contribution in [0.4, 0.5) is 5.69 Å². The number of anilines is 1. The zero-order valence-corrected chi connectivity index (χ0v) is 11.4. The third kappa shape index (κ3) is 2.73. The minimum absolute atomic E-state index is 0.241. The smallest absolute Gasteiger partial charge is 0.294 e. The highest BCUT2D eigenvalue weighted by atomic mass is 32.2. The Hall–Kier alpha value is -2.12. The molecule has 0 bridgehead atoms. The molecular weight excluding hydrogens is 282 g/mol. The van der Waals surface area contributed by atoms with Crippen molar-refractivity contribution in [2.75, 3.05) is 5.32 Å². The number of nitrogens with one attached hydrogen (secondary N) is 1. The van der Waals surface area contributed by atoms with Crippen LogP contribution in [0.1, 0.15) is 13.3 Å². The molecule has 0 aliphatic heterocycles. The number of phenolic OH excluding ortho intramolecular Hbond substituents is 1. The van der Waals surface area contributed by atoms with E-state index in [1.807, 2.05) is 0 Å². The molecule has 0 aliphatic carbocycles. The van der Waals surface area contributed by atoms with Crippen molar-refractivity contribution in [2.24, 2.45) is 0 Å². The van der Waals surface area contributed by atoms with Gasteiger partial charge in [-0.25, -0.2) is 0 Å². The van der Waals surface area contributed by atoms with E-state index in [4.69, 9.17) is 4.55 Å².